The van der Waals surface area contributed by atoms with Crippen molar-refractivity contribution < 1.29 is 14.3 Å². The van der Waals surface area contributed by atoms with Crippen molar-refractivity contribution in [2.24, 2.45) is 11.0 Å². The van der Waals surface area contributed by atoms with Gasteiger partial charge in [-0.15, -0.1) is 6.42 Å². The van der Waals surface area contributed by atoms with Crippen molar-refractivity contribution in [2.75, 3.05) is 58.7 Å². The summed E-state index contributed by atoms with van der Waals surface area (Å²) in [5, 5.41) is 11.3. The molecular formula is C39H48N8O3. The van der Waals surface area contributed by atoms with Crippen LogP contribution < -0.4 is 20.6 Å². The lowest BCUT2D eigenvalue weighted by Gasteiger charge is -2.46. The molecule has 262 valence electrons. The maximum absolute atomic E-state index is 12.9. The van der Waals surface area contributed by atoms with Gasteiger partial charge in [-0.05, 0) is 77.2 Å². The second-order valence-electron chi connectivity index (χ2n) is 12.7. The molecule has 5 rings (SSSR count). The van der Waals surface area contributed by atoms with Crippen LogP contribution >= 0.6 is 0 Å². The van der Waals surface area contributed by atoms with Gasteiger partial charge in [0.15, 0.2) is 5.76 Å². The number of aryl methyl sites for hydroxylation is 1. The summed E-state index contributed by atoms with van der Waals surface area (Å²) in [6.45, 7) is 11.7. The number of hydrogen-bond acceptors (Lipinski definition) is 10. The van der Waals surface area contributed by atoms with Crippen molar-refractivity contribution in [3.05, 3.63) is 88.7 Å². The smallest absolute Gasteiger partial charge is 0.246 e. The number of likely N-dealkylation sites (N-methyl/N-ethyl adjacent to an activating group) is 1. The predicted molar refractivity (Wildman–Crippen MR) is 199 cm³/mol. The summed E-state index contributed by atoms with van der Waals surface area (Å²) in [5.41, 5.74) is 2.83. The van der Waals surface area contributed by atoms with Crippen LogP contribution in [-0.2, 0) is 9.53 Å². The number of allylic oxidation sites excluding steroid dienone is 2. The second kappa shape index (κ2) is 16.9. The van der Waals surface area contributed by atoms with Gasteiger partial charge in [0.2, 0.25) is 5.91 Å². The predicted octanol–water partition coefficient (Wildman–Crippen LogP) is 3.74. The van der Waals surface area contributed by atoms with E-state index in [-0.39, 0.29) is 17.9 Å². The zero-order valence-corrected chi connectivity index (χ0v) is 30.0. The highest BCUT2D eigenvalue weighted by atomic mass is 16.5. The fourth-order valence-electron chi connectivity index (χ4n) is 5.88. The number of hydrazone groups is 1. The summed E-state index contributed by atoms with van der Waals surface area (Å²) < 4.78 is 12.8. The van der Waals surface area contributed by atoms with Gasteiger partial charge in [-0.3, -0.25) is 9.80 Å². The molecule has 50 heavy (non-hydrogen) atoms. The fourth-order valence-corrected chi connectivity index (χ4v) is 5.88. The Hall–Kier alpha value is -5.34. The number of fused-ring (bicyclic) bond motifs is 1. The molecule has 2 atom stereocenters. The van der Waals surface area contributed by atoms with E-state index in [0.29, 0.717) is 38.6 Å². The highest BCUT2D eigenvalue weighted by Gasteiger charge is 2.36. The molecule has 1 N–H and O–H groups in total. The number of ether oxygens (including phenoxy) is 2. The minimum atomic E-state index is -0.0267. The van der Waals surface area contributed by atoms with Gasteiger partial charge >= 0.3 is 0 Å². The van der Waals surface area contributed by atoms with Gasteiger partial charge in [0.05, 0.1) is 34.8 Å². The normalized spacial score (nSPS) is 20.6. The number of piperazine rings is 1. The first kappa shape index (κ1) is 36.0. The van der Waals surface area contributed by atoms with E-state index < -0.39 is 0 Å². The number of terminal acetylenes is 1. The molecule has 11 heteroatoms. The molecule has 0 spiro atoms. The lowest BCUT2D eigenvalue weighted by molar-refractivity contribution is -0.129. The van der Waals surface area contributed by atoms with Gasteiger partial charge in [-0.25, -0.2) is 9.97 Å². The number of rotatable bonds is 10. The molecule has 0 saturated carbocycles. The minimum Gasteiger partial charge on any atom is -0.488 e. The summed E-state index contributed by atoms with van der Waals surface area (Å²) in [5.74, 6) is 5.55. The highest BCUT2D eigenvalue weighted by Crippen LogP contribution is 2.30. The van der Waals surface area contributed by atoms with Crippen LogP contribution in [0.3, 0.4) is 0 Å². The Morgan fingerprint density at radius 2 is 2.14 bits per heavy atom. The SMILES string of the molecule is C#C[C@@H](C)/C=N\N1C=CC(Oc2ccc(Nc3ncnc(=C/C)/c3=C3/OCC4CN(C(=O)/C=C/CN(C)C)CCN4/C3=C\CC)cc2C)=CC1. The third-order valence-electron chi connectivity index (χ3n) is 8.52. The first-order valence-electron chi connectivity index (χ1n) is 17.1. The number of amides is 1. The van der Waals surface area contributed by atoms with Crippen molar-refractivity contribution in [1.82, 2.24) is 29.7 Å². The van der Waals surface area contributed by atoms with Gasteiger partial charge < -0.3 is 29.5 Å². The first-order valence-corrected chi connectivity index (χ1v) is 17.1. The van der Waals surface area contributed by atoms with Gasteiger partial charge in [0.25, 0.3) is 0 Å². The van der Waals surface area contributed by atoms with E-state index in [0.717, 1.165) is 57.7 Å². The zero-order valence-electron chi connectivity index (χ0n) is 30.0. The van der Waals surface area contributed by atoms with Crippen molar-refractivity contribution >= 4 is 35.5 Å². The molecule has 0 radical (unpaired) electrons. The van der Waals surface area contributed by atoms with Crippen LogP contribution in [0.5, 0.6) is 5.75 Å². The van der Waals surface area contributed by atoms with Crippen molar-refractivity contribution in [2.45, 2.75) is 40.2 Å². The highest BCUT2D eigenvalue weighted by molar-refractivity contribution is 5.87. The Bertz CT molecular complexity index is 1870. The molecule has 4 heterocycles. The fraction of sp³-hybridized carbons (Fsp3) is 0.385. The number of carbonyl (C=O) groups excluding carboxylic acids is 1. The Labute approximate surface area is 295 Å². The van der Waals surface area contributed by atoms with Crippen molar-refractivity contribution in [1.29, 1.82) is 0 Å². The van der Waals surface area contributed by atoms with Crippen LogP contribution in [-0.4, -0.2) is 101 Å². The molecule has 3 aliphatic heterocycles. The van der Waals surface area contributed by atoms with E-state index in [1.54, 1.807) is 18.6 Å². The Balaban J connectivity index is 1.36. The summed E-state index contributed by atoms with van der Waals surface area (Å²) in [7, 11) is 3.97. The number of benzene rings is 1. The van der Waals surface area contributed by atoms with E-state index in [1.165, 1.54) is 0 Å². The Morgan fingerprint density at radius 3 is 2.84 bits per heavy atom. The van der Waals surface area contributed by atoms with Crippen LogP contribution in [0.15, 0.2) is 77.7 Å². The summed E-state index contributed by atoms with van der Waals surface area (Å²) in [4.78, 5) is 28.6. The van der Waals surface area contributed by atoms with Crippen LogP contribution in [0.25, 0.3) is 11.8 Å². The lowest BCUT2D eigenvalue weighted by Crippen LogP contribution is -2.58. The van der Waals surface area contributed by atoms with E-state index in [2.05, 4.69) is 44.2 Å². The van der Waals surface area contributed by atoms with Gasteiger partial charge in [0.1, 0.15) is 30.3 Å². The molecule has 2 aromatic rings. The molecule has 1 aromatic heterocycles. The quantitative estimate of drug-likeness (QED) is 0.229. The molecule has 1 amide bonds. The number of nitrogens with one attached hydrogen (secondary N) is 1. The minimum absolute atomic E-state index is 0.0267. The third-order valence-corrected chi connectivity index (χ3v) is 8.52. The average Bonchev–Trinajstić information content (AvgIpc) is 3.12. The van der Waals surface area contributed by atoms with Gasteiger partial charge in [-0.1, -0.05) is 31.1 Å². The van der Waals surface area contributed by atoms with Crippen LogP contribution in [0.1, 0.15) is 32.8 Å². The second-order valence-corrected chi connectivity index (χ2v) is 12.7. The number of aromatic nitrogens is 2. The van der Waals surface area contributed by atoms with E-state index in [1.807, 2.05) is 98.4 Å². The van der Waals surface area contributed by atoms with Crippen LogP contribution in [0, 0.1) is 25.2 Å². The molecule has 3 aliphatic rings. The maximum atomic E-state index is 12.9. The standard InChI is InChI=1S/C39H48N8O3/c1-8-12-34-38(49-26-31-25-45(21-22-47(31)34)36(48)13-11-18-44(6)7)37-33(10-3)40-27-41-39(37)43-30-14-15-35(29(5)23-30)50-32-16-19-46(20-17-32)42-24-28(4)9-2/h2,10-17,19,23-24,27-28,31H,8,18,20-22,25-26H2,1,3-7H3,(H,40,41,43)/b13-11+,33-10+,34-12-,38-37-,42-24-/t28-,31?/m1/s1. The number of anilines is 2. The lowest BCUT2D eigenvalue weighted by atomic mass is 10.1. The Morgan fingerprint density at radius 1 is 1.30 bits per heavy atom. The third kappa shape index (κ3) is 8.81. The van der Waals surface area contributed by atoms with Crippen molar-refractivity contribution in [3.8, 4) is 18.1 Å². The number of carbonyl (C=O) groups is 1. The Kier molecular flexibility index (Phi) is 12.1. The number of nitrogens with zero attached hydrogens (tertiary/aromatic N) is 7. The molecule has 1 aromatic carbocycles. The molecule has 0 bridgehead atoms. The molecule has 2 fully saturated rings. The molecular weight excluding hydrogens is 628 g/mol. The summed E-state index contributed by atoms with van der Waals surface area (Å²) in [6, 6.07) is 6.01. The largest absolute Gasteiger partial charge is 0.488 e. The van der Waals surface area contributed by atoms with E-state index >= 15 is 0 Å². The van der Waals surface area contributed by atoms with E-state index in [9.17, 15) is 4.79 Å². The number of hydrogen-bond donors (Lipinski definition) is 1. The van der Waals surface area contributed by atoms with E-state index in [4.69, 9.17) is 15.9 Å². The zero-order chi connectivity index (χ0) is 35.6. The van der Waals surface area contributed by atoms with Gasteiger partial charge in [0, 0.05) is 50.4 Å². The molecule has 1 unspecified atom stereocenters. The summed E-state index contributed by atoms with van der Waals surface area (Å²) >= 11 is 0. The van der Waals surface area contributed by atoms with Crippen LogP contribution in [0.2, 0.25) is 0 Å². The monoisotopic (exact) mass is 676 g/mol. The topological polar surface area (TPSA) is 98.7 Å². The maximum Gasteiger partial charge on any atom is 0.246 e. The molecule has 0 aliphatic carbocycles. The summed E-state index contributed by atoms with van der Waals surface area (Å²) in [6.07, 6.45) is 23.1. The molecule has 2 saturated heterocycles. The molecule has 11 nitrogen and oxygen atoms in total. The first-order chi connectivity index (χ1) is 24.2. The van der Waals surface area contributed by atoms with Crippen LogP contribution in [0.4, 0.5) is 11.5 Å². The van der Waals surface area contributed by atoms with Gasteiger partial charge in [-0.2, -0.15) is 5.10 Å². The average molecular weight is 677 g/mol. The van der Waals surface area contributed by atoms with Crippen molar-refractivity contribution in [3.63, 3.8) is 0 Å². The number of morpholine rings is 1.